The molecule has 0 N–H and O–H groups in total. The standard InChI is InChI=1S/C12H9NO5S/c14-10(15)7-13-11(16)9(19-12(13)17)5-1-3-8-4-2-6-18-8/h1-6H,7H2,(H,14,15)/p-1/b3-1+,9-5-. The molecular formula is C12H8NO5S-. The minimum Gasteiger partial charge on any atom is -0.548 e. The normalized spacial score (nSPS) is 17.9. The lowest BCUT2D eigenvalue weighted by Crippen LogP contribution is -2.40. The number of aliphatic carboxylic acids is 1. The van der Waals surface area contributed by atoms with Gasteiger partial charge in [0, 0.05) is 0 Å². The van der Waals surface area contributed by atoms with Gasteiger partial charge in [-0.1, -0.05) is 6.08 Å². The molecule has 1 aromatic rings. The van der Waals surface area contributed by atoms with Crippen LogP contribution in [-0.2, 0) is 9.59 Å². The zero-order chi connectivity index (χ0) is 13.8. The smallest absolute Gasteiger partial charge is 0.293 e. The Bertz CT molecular complexity index is 573. The van der Waals surface area contributed by atoms with E-state index >= 15 is 0 Å². The van der Waals surface area contributed by atoms with Crippen molar-refractivity contribution in [3.8, 4) is 0 Å². The number of amides is 2. The van der Waals surface area contributed by atoms with Crippen molar-refractivity contribution in [3.05, 3.63) is 41.2 Å². The van der Waals surface area contributed by atoms with Crippen LogP contribution >= 0.6 is 11.8 Å². The number of nitrogens with zero attached hydrogens (tertiary/aromatic N) is 1. The van der Waals surface area contributed by atoms with Crippen LogP contribution in [0.2, 0.25) is 0 Å². The highest BCUT2D eigenvalue weighted by Crippen LogP contribution is 2.30. The van der Waals surface area contributed by atoms with Crippen molar-refractivity contribution in [2.24, 2.45) is 0 Å². The molecule has 0 saturated carbocycles. The molecule has 0 radical (unpaired) electrons. The molecule has 0 spiro atoms. The number of thioether (sulfide) groups is 1. The SMILES string of the molecule is O=C([O-])CN1C(=O)S/C(=C\C=C\c2ccco2)C1=O. The van der Waals surface area contributed by atoms with Gasteiger partial charge < -0.3 is 14.3 Å². The van der Waals surface area contributed by atoms with E-state index in [1.54, 1.807) is 24.3 Å². The first-order chi connectivity index (χ1) is 9.08. The first-order valence-corrected chi connectivity index (χ1v) is 6.05. The Balaban J connectivity index is 2.08. The van der Waals surface area contributed by atoms with Crippen molar-refractivity contribution in [1.29, 1.82) is 0 Å². The highest BCUT2D eigenvalue weighted by atomic mass is 32.2. The molecule has 0 aliphatic carbocycles. The van der Waals surface area contributed by atoms with Crippen molar-refractivity contribution >= 4 is 35.0 Å². The number of carboxylic acid groups (broad SMARTS) is 1. The topological polar surface area (TPSA) is 90.7 Å². The predicted molar refractivity (Wildman–Crippen MR) is 65.5 cm³/mol. The number of hydrogen-bond donors (Lipinski definition) is 0. The summed E-state index contributed by atoms with van der Waals surface area (Å²) in [5.41, 5.74) is 0. The molecule has 2 heterocycles. The number of carboxylic acids is 1. The summed E-state index contributed by atoms with van der Waals surface area (Å²) in [7, 11) is 0. The minimum atomic E-state index is -1.48. The quantitative estimate of drug-likeness (QED) is 0.750. The number of carbonyl (C=O) groups excluding carboxylic acids is 3. The van der Waals surface area contributed by atoms with E-state index < -0.39 is 23.7 Å². The van der Waals surface area contributed by atoms with E-state index in [1.807, 2.05) is 0 Å². The van der Waals surface area contributed by atoms with Gasteiger partial charge in [-0.3, -0.25) is 14.5 Å². The molecule has 1 fully saturated rings. The maximum atomic E-state index is 11.7. The molecule has 19 heavy (non-hydrogen) atoms. The fourth-order valence-electron chi connectivity index (χ4n) is 1.40. The number of imide groups is 1. The van der Waals surface area contributed by atoms with Crippen LogP contribution in [0.1, 0.15) is 5.76 Å². The van der Waals surface area contributed by atoms with Gasteiger partial charge >= 0.3 is 0 Å². The van der Waals surface area contributed by atoms with Crippen molar-refractivity contribution in [3.63, 3.8) is 0 Å². The summed E-state index contributed by atoms with van der Waals surface area (Å²) in [5.74, 6) is -1.51. The van der Waals surface area contributed by atoms with E-state index in [4.69, 9.17) is 4.42 Å². The highest BCUT2D eigenvalue weighted by Gasteiger charge is 2.34. The summed E-state index contributed by atoms with van der Waals surface area (Å²) in [6.07, 6.45) is 6.11. The Morgan fingerprint density at radius 2 is 2.26 bits per heavy atom. The molecule has 1 aliphatic rings. The summed E-state index contributed by atoms with van der Waals surface area (Å²) < 4.78 is 5.05. The van der Waals surface area contributed by atoms with Gasteiger partial charge in [0.05, 0.1) is 23.7 Å². The van der Waals surface area contributed by atoms with E-state index in [-0.39, 0.29) is 4.91 Å². The molecule has 98 valence electrons. The minimum absolute atomic E-state index is 0.161. The molecule has 1 aliphatic heterocycles. The highest BCUT2D eigenvalue weighted by molar-refractivity contribution is 8.18. The van der Waals surface area contributed by atoms with E-state index in [1.165, 1.54) is 12.3 Å². The number of allylic oxidation sites excluding steroid dienone is 2. The van der Waals surface area contributed by atoms with E-state index in [0.717, 1.165) is 0 Å². The van der Waals surface area contributed by atoms with Gasteiger partial charge in [0.2, 0.25) is 0 Å². The second-order valence-corrected chi connectivity index (χ2v) is 4.53. The van der Waals surface area contributed by atoms with Crippen LogP contribution in [-0.4, -0.2) is 28.6 Å². The monoisotopic (exact) mass is 278 g/mol. The molecule has 7 heteroatoms. The first kappa shape index (κ1) is 13.2. The fraction of sp³-hybridized carbons (Fsp3) is 0.0833. The second kappa shape index (κ2) is 5.57. The third-order valence-electron chi connectivity index (χ3n) is 2.21. The zero-order valence-corrected chi connectivity index (χ0v) is 10.4. The van der Waals surface area contributed by atoms with Crippen LogP contribution < -0.4 is 5.11 Å². The van der Waals surface area contributed by atoms with Gasteiger partial charge in [0.15, 0.2) is 0 Å². The van der Waals surface area contributed by atoms with Crippen molar-refractivity contribution in [2.45, 2.75) is 0 Å². The molecule has 2 amide bonds. The number of carbonyl (C=O) groups is 3. The van der Waals surface area contributed by atoms with Crippen LogP contribution in [0.3, 0.4) is 0 Å². The fourth-order valence-corrected chi connectivity index (χ4v) is 2.19. The Hall–Kier alpha value is -2.28. The Morgan fingerprint density at radius 1 is 1.47 bits per heavy atom. The number of hydrogen-bond acceptors (Lipinski definition) is 6. The molecule has 1 saturated heterocycles. The first-order valence-electron chi connectivity index (χ1n) is 5.23. The van der Waals surface area contributed by atoms with Crippen LogP contribution in [0.15, 0.2) is 39.9 Å². The summed E-state index contributed by atoms with van der Waals surface area (Å²) in [6.45, 7) is -0.732. The maximum absolute atomic E-state index is 11.7. The lowest BCUT2D eigenvalue weighted by atomic mass is 10.3. The molecule has 2 rings (SSSR count). The summed E-state index contributed by atoms with van der Waals surface area (Å²) >= 11 is 0.687. The van der Waals surface area contributed by atoms with Gasteiger partial charge in [-0.2, -0.15) is 0 Å². The molecule has 6 nitrogen and oxygen atoms in total. The van der Waals surface area contributed by atoms with Gasteiger partial charge in [-0.25, -0.2) is 0 Å². The third-order valence-corrected chi connectivity index (χ3v) is 3.14. The lowest BCUT2D eigenvalue weighted by molar-refractivity contribution is -0.305. The third kappa shape index (κ3) is 3.14. The summed E-state index contributed by atoms with van der Waals surface area (Å²) in [5, 5.41) is 9.79. The molecule has 0 unspecified atom stereocenters. The predicted octanol–water partition coefficient (Wildman–Crippen LogP) is 0.622. The molecule has 0 aromatic carbocycles. The van der Waals surface area contributed by atoms with Crippen LogP contribution in [0.5, 0.6) is 0 Å². The summed E-state index contributed by atoms with van der Waals surface area (Å²) in [6, 6.07) is 3.44. The van der Waals surface area contributed by atoms with Crippen LogP contribution in [0, 0.1) is 0 Å². The Kier molecular flexibility index (Phi) is 3.86. The zero-order valence-electron chi connectivity index (χ0n) is 9.57. The van der Waals surface area contributed by atoms with E-state index in [2.05, 4.69) is 0 Å². The van der Waals surface area contributed by atoms with E-state index in [0.29, 0.717) is 22.4 Å². The molecule has 0 atom stereocenters. The lowest BCUT2D eigenvalue weighted by Gasteiger charge is -2.11. The Labute approximate surface area is 112 Å². The number of furan rings is 1. The van der Waals surface area contributed by atoms with Gasteiger partial charge in [0.1, 0.15) is 5.76 Å². The average molecular weight is 278 g/mol. The average Bonchev–Trinajstić information content (AvgIpc) is 2.94. The van der Waals surface area contributed by atoms with Gasteiger partial charge in [0.25, 0.3) is 11.1 Å². The van der Waals surface area contributed by atoms with Crippen LogP contribution in [0.25, 0.3) is 6.08 Å². The second-order valence-electron chi connectivity index (χ2n) is 3.54. The molecule has 0 bridgehead atoms. The molecule has 1 aromatic heterocycles. The van der Waals surface area contributed by atoms with Crippen LogP contribution in [0.4, 0.5) is 4.79 Å². The van der Waals surface area contributed by atoms with Crippen molar-refractivity contribution < 1.29 is 23.9 Å². The largest absolute Gasteiger partial charge is 0.548 e. The van der Waals surface area contributed by atoms with Gasteiger partial charge in [-0.15, -0.1) is 0 Å². The number of rotatable bonds is 4. The molecular weight excluding hydrogens is 270 g/mol. The Morgan fingerprint density at radius 3 is 2.89 bits per heavy atom. The maximum Gasteiger partial charge on any atom is 0.293 e. The summed E-state index contributed by atoms with van der Waals surface area (Å²) in [4.78, 5) is 34.3. The van der Waals surface area contributed by atoms with Crippen molar-refractivity contribution in [2.75, 3.05) is 6.54 Å². The van der Waals surface area contributed by atoms with Crippen molar-refractivity contribution in [1.82, 2.24) is 4.90 Å². The van der Waals surface area contributed by atoms with E-state index in [9.17, 15) is 19.5 Å². The van der Waals surface area contributed by atoms with Gasteiger partial charge in [-0.05, 0) is 36.0 Å².